The zero-order chi connectivity index (χ0) is 37.6. The van der Waals surface area contributed by atoms with Gasteiger partial charge in [-0.05, 0) is 85.9 Å². The predicted molar refractivity (Wildman–Crippen MR) is 210 cm³/mol. The number of aliphatic hydroxyl groups is 8. The fourth-order valence-corrected chi connectivity index (χ4v) is 11.4. The van der Waals surface area contributed by atoms with E-state index in [0.29, 0.717) is 38.5 Å². The lowest BCUT2D eigenvalue weighted by atomic mass is 9.36. The van der Waals surface area contributed by atoms with Crippen LogP contribution < -0.4 is 0 Å². The van der Waals surface area contributed by atoms with E-state index in [0.717, 1.165) is 38.5 Å². The summed E-state index contributed by atoms with van der Waals surface area (Å²) in [6, 6.07) is 0. The van der Waals surface area contributed by atoms with Crippen molar-refractivity contribution in [3.63, 3.8) is 0 Å². The normalized spacial score (nSPS) is 22.6. The minimum atomic E-state index is -0.908. The molecule has 0 aromatic rings. The Labute approximate surface area is 313 Å². The van der Waals surface area contributed by atoms with Crippen molar-refractivity contribution in [1.29, 1.82) is 0 Å². The Balaban J connectivity index is 3.75. The molecule has 8 nitrogen and oxygen atoms in total. The highest BCUT2D eigenvalue weighted by molar-refractivity contribution is 5.14. The molecule has 0 bridgehead atoms. The summed E-state index contributed by atoms with van der Waals surface area (Å²) in [7, 11) is 0. The number of hydrogen-bond donors (Lipinski definition) is 8. The van der Waals surface area contributed by atoms with Crippen molar-refractivity contribution in [2.75, 3.05) is 52.9 Å². The first-order valence-corrected chi connectivity index (χ1v) is 21.8. The summed E-state index contributed by atoms with van der Waals surface area (Å²) >= 11 is 0. The van der Waals surface area contributed by atoms with E-state index in [1.54, 1.807) is 0 Å². The molecule has 1 fully saturated rings. The van der Waals surface area contributed by atoms with Gasteiger partial charge in [-0.2, -0.15) is 0 Å². The zero-order valence-electron chi connectivity index (χ0n) is 33.2. The summed E-state index contributed by atoms with van der Waals surface area (Å²) < 4.78 is 0. The van der Waals surface area contributed by atoms with Crippen LogP contribution in [0.3, 0.4) is 0 Å². The first-order chi connectivity index (χ1) is 24.9. The minimum absolute atomic E-state index is 0.125. The van der Waals surface area contributed by atoms with Crippen LogP contribution in [0.15, 0.2) is 0 Å². The Morgan fingerprint density at radius 2 is 0.373 bits per heavy atom. The average molecular weight is 731 g/mol. The van der Waals surface area contributed by atoms with Crippen LogP contribution in [-0.2, 0) is 0 Å². The summed E-state index contributed by atoms with van der Waals surface area (Å²) in [5.74, 6) is 0. The van der Waals surface area contributed by atoms with Gasteiger partial charge in [0.05, 0.1) is 0 Å². The molecule has 0 atom stereocenters. The van der Waals surface area contributed by atoms with E-state index in [4.69, 9.17) is 0 Å². The van der Waals surface area contributed by atoms with Crippen molar-refractivity contribution in [3.8, 4) is 0 Å². The van der Waals surface area contributed by atoms with Crippen LogP contribution in [0.25, 0.3) is 0 Å². The monoisotopic (exact) mass is 731 g/mol. The van der Waals surface area contributed by atoms with Crippen LogP contribution in [-0.4, -0.2) is 93.7 Å². The lowest BCUT2D eigenvalue weighted by Gasteiger charge is -2.68. The molecule has 306 valence electrons. The van der Waals surface area contributed by atoms with Gasteiger partial charge >= 0.3 is 0 Å². The zero-order valence-corrected chi connectivity index (χ0v) is 33.2. The van der Waals surface area contributed by atoms with Gasteiger partial charge in [-0.15, -0.1) is 0 Å². The molecule has 0 spiro atoms. The van der Waals surface area contributed by atoms with Crippen LogP contribution in [0.4, 0.5) is 0 Å². The van der Waals surface area contributed by atoms with Crippen LogP contribution in [0, 0.1) is 21.7 Å². The van der Waals surface area contributed by atoms with E-state index in [1.165, 1.54) is 96.3 Å². The molecule has 1 aliphatic carbocycles. The van der Waals surface area contributed by atoms with Crippen LogP contribution in [0.1, 0.15) is 199 Å². The molecule has 8 N–H and O–H groups in total. The number of aliphatic hydroxyl groups excluding tert-OH is 8. The minimum Gasteiger partial charge on any atom is -0.396 e. The van der Waals surface area contributed by atoms with Gasteiger partial charge in [0.2, 0.25) is 0 Å². The highest BCUT2D eigenvalue weighted by Crippen LogP contribution is 2.71. The van der Waals surface area contributed by atoms with Gasteiger partial charge in [-0.1, -0.05) is 135 Å². The molecule has 0 amide bonds. The number of hydrogen-bond acceptors (Lipinski definition) is 8. The third-order valence-electron chi connectivity index (χ3n) is 13.8. The fraction of sp³-hybridized carbons (Fsp3) is 1.00. The van der Waals surface area contributed by atoms with Gasteiger partial charge in [0, 0.05) is 52.9 Å². The molecule has 0 saturated heterocycles. The van der Waals surface area contributed by atoms with E-state index in [9.17, 15) is 40.9 Å². The average Bonchev–Trinajstić information content (AvgIpc) is 3.11. The van der Waals surface area contributed by atoms with Crippen LogP contribution in [0.5, 0.6) is 0 Å². The van der Waals surface area contributed by atoms with Crippen molar-refractivity contribution in [3.05, 3.63) is 0 Å². The van der Waals surface area contributed by atoms with Crippen molar-refractivity contribution >= 4 is 0 Å². The second-order valence-electron chi connectivity index (χ2n) is 16.4. The Morgan fingerprint density at radius 3 is 0.529 bits per heavy atom. The highest BCUT2D eigenvalue weighted by atomic mass is 16.3. The third kappa shape index (κ3) is 15.0. The lowest BCUT2D eigenvalue weighted by Crippen LogP contribution is -2.63. The Morgan fingerprint density at radius 1 is 0.216 bits per heavy atom. The molecule has 1 aliphatic rings. The van der Waals surface area contributed by atoms with E-state index in [2.05, 4.69) is 0 Å². The maximum atomic E-state index is 10.9. The van der Waals surface area contributed by atoms with Crippen LogP contribution >= 0.6 is 0 Å². The maximum absolute atomic E-state index is 10.9. The molecule has 0 aromatic carbocycles. The summed E-state index contributed by atoms with van der Waals surface area (Å²) in [6.45, 7) is -1.26. The Hall–Kier alpha value is -0.320. The third-order valence-corrected chi connectivity index (χ3v) is 13.8. The summed E-state index contributed by atoms with van der Waals surface area (Å²) in [5, 5.41) is 86.6. The summed E-state index contributed by atoms with van der Waals surface area (Å²) in [6.07, 6.45) is 29.4. The molecule has 0 aromatic heterocycles. The molecular formula is C43H86O8. The van der Waals surface area contributed by atoms with E-state index in [1.807, 2.05) is 0 Å². The summed E-state index contributed by atoms with van der Waals surface area (Å²) in [4.78, 5) is 0. The molecule has 1 rings (SSSR count). The van der Waals surface area contributed by atoms with Gasteiger partial charge in [0.1, 0.15) is 0 Å². The van der Waals surface area contributed by atoms with Crippen molar-refractivity contribution in [1.82, 2.24) is 0 Å². The molecule has 0 aliphatic heterocycles. The van der Waals surface area contributed by atoms with Crippen molar-refractivity contribution in [2.45, 2.75) is 199 Å². The standard InChI is InChI=1S/C43H86O8/c44-32-24-40(25-33-45)22-20-18-16-14-12-10-8-6-4-2-1-3-5-7-9-11-13-15-17-19-21-23-41(26-34-46,27-35-47)43(30-38-50,31-39-51)42(40,28-36-48)29-37-49/h44-51H,1-39H2. The van der Waals surface area contributed by atoms with Gasteiger partial charge in [-0.3, -0.25) is 0 Å². The molecule has 8 heteroatoms. The fourth-order valence-electron chi connectivity index (χ4n) is 11.4. The van der Waals surface area contributed by atoms with E-state index in [-0.39, 0.29) is 78.5 Å². The highest BCUT2D eigenvalue weighted by Gasteiger charge is 2.66. The van der Waals surface area contributed by atoms with Gasteiger partial charge in [0.15, 0.2) is 0 Å². The Kier molecular flexibility index (Phi) is 28.6. The molecule has 1 saturated carbocycles. The van der Waals surface area contributed by atoms with Gasteiger partial charge < -0.3 is 40.9 Å². The smallest absolute Gasteiger partial charge is 0.0436 e. The van der Waals surface area contributed by atoms with E-state index < -0.39 is 21.7 Å². The maximum Gasteiger partial charge on any atom is 0.0436 e. The topological polar surface area (TPSA) is 162 Å². The van der Waals surface area contributed by atoms with Gasteiger partial charge in [-0.25, -0.2) is 0 Å². The molecule has 0 radical (unpaired) electrons. The summed E-state index contributed by atoms with van der Waals surface area (Å²) in [5.41, 5.74) is -3.25. The van der Waals surface area contributed by atoms with Crippen molar-refractivity contribution in [2.24, 2.45) is 21.7 Å². The first-order valence-electron chi connectivity index (χ1n) is 21.8. The molecular weight excluding hydrogens is 644 g/mol. The molecule has 51 heavy (non-hydrogen) atoms. The predicted octanol–water partition coefficient (Wildman–Crippen LogP) is 7.98. The second kappa shape index (κ2) is 30.0. The molecule has 0 heterocycles. The quantitative estimate of drug-likeness (QED) is 0.0793. The number of rotatable bonds is 16. The largest absolute Gasteiger partial charge is 0.396 e. The SMILES string of the molecule is OCCC1(CCO)CCCCCCCCCCCCCCCCCCCCCCCC(CCO)(CCO)C(CCO)(CCO)C1(CCO)CCO. The molecule has 0 unspecified atom stereocenters. The second-order valence-corrected chi connectivity index (χ2v) is 16.4. The van der Waals surface area contributed by atoms with E-state index >= 15 is 0 Å². The Bertz CT molecular complexity index is 691. The lowest BCUT2D eigenvalue weighted by molar-refractivity contribution is -0.220. The van der Waals surface area contributed by atoms with Crippen molar-refractivity contribution < 1.29 is 40.9 Å². The first kappa shape index (κ1) is 48.7. The van der Waals surface area contributed by atoms with Crippen LogP contribution in [0.2, 0.25) is 0 Å². The van der Waals surface area contributed by atoms with Gasteiger partial charge in [0.25, 0.3) is 0 Å².